The zero-order chi connectivity index (χ0) is 16.2. The van der Waals surface area contributed by atoms with Crippen molar-refractivity contribution in [2.45, 2.75) is 32.6 Å². The van der Waals surface area contributed by atoms with Crippen LogP contribution < -0.4 is 11.3 Å². The van der Waals surface area contributed by atoms with Crippen LogP contribution in [0.3, 0.4) is 0 Å². The fourth-order valence-corrected chi connectivity index (χ4v) is 2.77. The maximum Gasteiger partial charge on any atom is 0.265 e. The molecule has 0 aliphatic carbocycles. The molecular formula is C19H21N3O. The quantitative estimate of drug-likeness (QED) is 0.577. The first kappa shape index (κ1) is 15.3. The number of nitrogens with two attached hydrogens (primary N) is 1. The molecule has 0 aliphatic heterocycles. The average molecular weight is 307 g/mol. The van der Waals surface area contributed by atoms with Crippen molar-refractivity contribution in [1.29, 1.82) is 0 Å². The highest BCUT2D eigenvalue weighted by molar-refractivity contribution is 5.77. The number of aromatic nitrogens is 2. The van der Waals surface area contributed by atoms with Crippen LogP contribution >= 0.6 is 0 Å². The van der Waals surface area contributed by atoms with Gasteiger partial charge < -0.3 is 5.73 Å². The summed E-state index contributed by atoms with van der Waals surface area (Å²) in [5.41, 5.74) is 8.00. The van der Waals surface area contributed by atoms with Crippen molar-refractivity contribution in [1.82, 2.24) is 9.55 Å². The molecule has 2 N–H and O–H groups in total. The molecule has 0 atom stereocenters. The van der Waals surface area contributed by atoms with Gasteiger partial charge in [0.15, 0.2) is 0 Å². The van der Waals surface area contributed by atoms with Crippen LogP contribution in [-0.2, 0) is 6.42 Å². The van der Waals surface area contributed by atoms with E-state index in [9.17, 15) is 4.79 Å². The predicted octanol–water partition coefficient (Wildman–Crippen LogP) is 3.70. The summed E-state index contributed by atoms with van der Waals surface area (Å²) in [7, 11) is 0. The van der Waals surface area contributed by atoms with E-state index < -0.39 is 0 Å². The highest BCUT2D eigenvalue weighted by Crippen LogP contribution is 2.16. The topological polar surface area (TPSA) is 60.9 Å². The number of para-hydroxylation sites is 1. The molecule has 2 aromatic carbocycles. The molecule has 23 heavy (non-hydrogen) atoms. The van der Waals surface area contributed by atoms with E-state index in [0.717, 1.165) is 42.7 Å². The molecule has 4 heteroatoms. The van der Waals surface area contributed by atoms with Gasteiger partial charge in [-0.2, -0.15) is 0 Å². The Morgan fingerprint density at radius 2 is 1.78 bits per heavy atom. The molecule has 0 aliphatic rings. The zero-order valence-corrected chi connectivity index (χ0v) is 13.3. The van der Waals surface area contributed by atoms with E-state index in [4.69, 9.17) is 10.7 Å². The van der Waals surface area contributed by atoms with E-state index in [0.29, 0.717) is 11.1 Å². The highest BCUT2D eigenvalue weighted by atomic mass is 16.1. The van der Waals surface area contributed by atoms with E-state index >= 15 is 0 Å². The van der Waals surface area contributed by atoms with Crippen molar-refractivity contribution in [3.05, 3.63) is 64.7 Å². The Hall–Kier alpha value is -2.62. The van der Waals surface area contributed by atoms with Crippen LogP contribution in [0.15, 0.2) is 53.3 Å². The van der Waals surface area contributed by atoms with E-state index in [1.807, 2.05) is 48.5 Å². The predicted molar refractivity (Wildman–Crippen MR) is 95.0 cm³/mol. The molecule has 4 nitrogen and oxygen atoms in total. The monoisotopic (exact) mass is 307 g/mol. The van der Waals surface area contributed by atoms with Gasteiger partial charge in [0.2, 0.25) is 0 Å². The summed E-state index contributed by atoms with van der Waals surface area (Å²) in [6, 6.07) is 14.9. The molecule has 1 aromatic heterocycles. The van der Waals surface area contributed by atoms with Crippen LogP contribution in [0.2, 0.25) is 0 Å². The minimum absolute atomic E-state index is 0.0214. The summed E-state index contributed by atoms with van der Waals surface area (Å²) in [4.78, 5) is 17.7. The Bertz CT molecular complexity index is 866. The van der Waals surface area contributed by atoms with Crippen molar-refractivity contribution in [2.75, 3.05) is 5.73 Å². The Balaban J connectivity index is 2.19. The number of benzene rings is 2. The number of nitrogens with zero attached hydrogens (tertiary/aromatic N) is 2. The van der Waals surface area contributed by atoms with E-state index in [1.54, 1.807) is 4.57 Å². The summed E-state index contributed by atoms with van der Waals surface area (Å²) >= 11 is 0. The maximum atomic E-state index is 13.0. The first-order chi connectivity index (χ1) is 11.2. The molecule has 0 radical (unpaired) electrons. The number of hydrogen-bond acceptors (Lipinski definition) is 3. The van der Waals surface area contributed by atoms with Crippen LogP contribution in [0.1, 0.15) is 32.0 Å². The number of fused-ring (bicyclic) bond motifs is 1. The lowest BCUT2D eigenvalue weighted by molar-refractivity contribution is 0.676. The van der Waals surface area contributed by atoms with Gasteiger partial charge in [-0.05, 0) is 42.8 Å². The molecule has 3 aromatic rings. The van der Waals surface area contributed by atoms with E-state index in [-0.39, 0.29) is 5.56 Å². The lowest BCUT2D eigenvalue weighted by Crippen LogP contribution is -2.24. The van der Waals surface area contributed by atoms with Crippen molar-refractivity contribution in [3.63, 3.8) is 0 Å². The van der Waals surface area contributed by atoms with Crippen LogP contribution in [-0.4, -0.2) is 9.55 Å². The van der Waals surface area contributed by atoms with Crippen molar-refractivity contribution in [2.24, 2.45) is 0 Å². The highest BCUT2D eigenvalue weighted by Gasteiger charge is 2.12. The Morgan fingerprint density at radius 3 is 2.52 bits per heavy atom. The lowest BCUT2D eigenvalue weighted by Gasteiger charge is -2.14. The number of rotatable bonds is 5. The van der Waals surface area contributed by atoms with Crippen molar-refractivity contribution in [3.8, 4) is 5.69 Å². The second kappa shape index (κ2) is 6.65. The van der Waals surface area contributed by atoms with Crippen molar-refractivity contribution < 1.29 is 0 Å². The van der Waals surface area contributed by atoms with Gasteiger partial charge in [0, 0.05) is 12.1 Å². The van der Waals surface area contributed by atoms with E-state index in [2.05, 4.69) is 6.92 Å². The minimum atomic E-state index is -0.0214. The van der Waals surface area contributed by atoms with Gasteiger partial charge >= 0.3 is 0 Å². The van der Waals surface area contributed by atoms with E-state index in [1.165, 1.54) is 0 Å². The fourth-order valence-electron chi connectivity index (χ4n) is 2.77. The van der Waals surface area contributed by atoms with Gasteiger partial charge in [-0.3, -0.25) is 9.36 Å². The molecule has 0 spiro atoms. The Morgan fingerprint density at radius 1 is 1.04 bits per heavy atom. The lowest BCUT2D eigenvalue weighted by atomic mass is 10.1. The molecule has 0 amide bonds. The number of unbranched alkanes of at least 4 members (excludes halogenated alkanes) is 2. The summed E-state index contributed by atoms with van der Waals surface area (Å²) in [6.45, 7) is 2.17. The molecule has 0 unspecified atom stereocenters. The summed E-state index contributed by atoms with van der Waals surface area (Å²) in [6.07, 6.45) is 4.08. The van der Waals surface area contributed by atoms with Crippen LogP contribution in [0.4, 0.5) is 5.69 Å². The maximum absolute atomic E-state index is 13.0. The van der Waals surface area contributed by atoms with Gasteiger partial charge in [0.1, 0.15) is 5.82 Å². The van der Waals surface area contributed by atoms with Gasteiger partial charge in [-0.25, -0.2) is 4.98 Å². The molecule has 0 saturated carbocycles. The molecule has 3 rings (SSSR count). The molecule has 0 fully saturated rings. The Kier molecular flexibility index (Phi) is 4.42. The smallest absolute Gasteiger partial charge is 0.265 e. The number of nitrogen functional groups attached to an aromatic ring is 1. The number of hydrogen-bond donors (Lipinski definition) is 1. The first-order valence-corrected chi connectivity index (χ1v) is 8.07. The second-order valence-corrected chi connectivity index (χ2v) is 5.73. The molecule has 1 heterocycles. The zero-order valence-electron chi connectivity index (χ0n) is 13.3. The van der Waals surface area contributed by atoms with Crippen molar-refractivity contribution >= 4 is 16.6 Å². The molecule has 0 bridgehead atoms. The third-order valence-electron chi connectivity index (χ3n) is 4.00. The standard InChI is InChI=1S/C19H21N3O/c1-2-3-4-9-18-21-17-8-6-5-7-16(17)19(23)22(18)15-12-10-14(20)11-13-15/h5-8,10-13H,2-4,9,20H2,1H3. The van der Waals surface area contributed by atoms with Crippen LogP contribution in [0, 0.1) is 0 Å². The normalized spacial score (nSPS) is 11.0. The number of aryl methyl sites for hydroxylation is 1. The summed E-state index contributed by atoms with van der Waals surface area (Å²) in [5, 5.41) is 0.642. The van der Waals surface area contributed by atoms with Crippen LogP contribution in [0.25, 0.3) is 16.6 Å². The largest absolute Gasteiger partial charge is 0.399 e. The number of anilines is 1. The minimum Gasteiger partial charge on any atom is -0.399 e. The summed E-state index contributed by atoms with van der Waals surface area (Å²) < 4.78 is 1.72. The van der Waals surface area contributed by atoms with Gasteiger partial charge in [-0.1, -0.05) is 31.9 Å². The summed E-state index contributed by atoms with van der Waals surface area (Å²) in [5.74, 6) is 0.812. The Labute approximate surface area is 135 Å². The molecule has 0 saturated heterocycles. The van der Waals surface area contributed by atoms with Gasteiger partial charge in [-0.15, -0.1) is 0 Å². The SMILES string of the molecule is CCCCCc1nc2ccccc2c(=O)n1-c1ccc(N)cc1. The molecular weight excluding hydrogens is 286 g/mol. The van der Waals surface area contributed by atoms with Gasteiger partial charge in [0.25, 0.3) is 5.56 Å². The third-order valence-corrected chi connectivity index (χ3v) is 4.00. The second-order valence-electron chi connectivity index (χ2n) is 5.73. The third kappa shape index (κ3) is 3.11. The first-order valence-electron chi connectivity index (χ1n) is 8.07. The average Bonchev–Trinajstić information content (AvgIpc) is 2.57. The van der Waals surface area contributed by atoms with Gasteiger partial charge in [0.05, 0.1) is 16.6 Å². The fraction of sp³-hybridized carbons (Fsp3) is 0.263. The molecule has 118 valence electrons. The van der Waals surface area contributed by atoms with Crippen LogP contribution in [0.5, 0.6) is 0 Å².